The third kappa shape index (κ3) is 23.2. The topological polar surface area (TPSA) is 35.5 Å². The summed E-state index contributed by atoms with van der Waals surface area (Å²) in [6.45, 7) is 4.21. The third-order valence-corrected chi connectivity index (χ3v) is 4.91. The minimum Gasteiger partial charge on any atom is -0.434 e. The zero-order valence-corrected chi connectivity index (χ0v) is 18.9. The van der Waals surface area contributed by atoms with Gasteiger partial charge in [0.15, 0.2) is 0 Å². The number of hydrogen-bond acceptors (Lipinski definition) is 3. The molecule has 0 saturated carbocycles. The van der Waals surface area contributed by atoms with E-state index in [0.29, 0.717) is 13.2 Å². The van der Waals surface area contributed by atoms with Gasteiger partial charge in [-0.05, 0) is 6.42 Å². The zero-order valence-electron chi connectivity index (χ0n) is 18.9. The molecule has 27 heavy (non-hydrogen) atoms. The molecule has 0 bridgehead atoms. The highest BCUT2D eigenvalue weighted by molar-refractivity contribution is 5.59. The van der Waals surface area contributed by atoms with E-state index in [-0.39, 0.29) is 0 Å². The van der Waals surface area contributed by atoms with E-state index in [1.807, 2.05) is 0 Å². The molecule has 0 unspecified atom stereocenters. The molecule has 0 N–H and O–H groups in total. The number of carbonyl (C=O) groups is 1. The van der Waals surface area contributed by atoms with E-state index >= 15 is 0 Å². The first-order chi connectivity index (χ1) is 13.0. The first-order valence-electron chi connectivity index (χ1n) is 11.6. The van der Waals surface area contributed by atoms with Gasteiger partial charge in [0, 0.05) is 6.42 Å². The molecule has 0 spiro atoms. The summed E-state index contributed by atoms with van der Waals surface area (Å²) >= 11 is 0. The Bertz CT molecular complexity index is 326. The lowest BCUT2D eigenvalue weighted by molar-refractivity contribution is -0.870. The van der Waals surface area contributed by atoms with Crippen LogP contribution in [0.1, 0.15) is 103 Å². The summed E-state index contributed by atoms with van der Waals surface area (Å²) in [7, 11) is 6.40. The fourth-order valence-corrected chi connectivity index (χ4v) is 3.19. The van der Waals surface area contributed by atoms with Gasteiger partial charge in [-0.2, -0.15) is 0 Å². The van der Waals surface area contributed by atoms with Gasteiger partial charge in [0.05, 0.1) is 34.3 Å². The summed E-state index contributed by atoms with van der Waals surface area (Å²) in [5.74, 6) is 0. The lowest BCUT2D eigenvalue weighted by Gasteiger charge is -2.23. The van der Waals surface area contributed by atoms with Crippen LogP contribution in [0.3, 0.4) is 0 Å². The van der Waals surface area contributed by atoms with Gasteiger partial charge < -0.3 is 14.0 Å². The van der Waals surface area contributed by atoms with E-state index < -0.39 is 6.16 Å². The van der Waals surface area contributed by atoms with Gasteiger partial charge in [-0.25, -0.2) is 4.79 Å². The van der Waals surface area contributed by atoms with Gasteiger partial charge in [-0.3, -0.25) is 0 Å². The molecular weight excluding hydrogens is 338 g/mol. The lowest BCUT2D eigenvalue weighted by Crippen LogP contribution is -2.35. The molecule has 0 saturated heterocycles. The number of hydrogen-bond donors (Lipinski definition) is 0. The second-order valence-corrected chi connectivity index (χ2v) is 8.91. The Morgan fingerprint density at radius 3 is 1.37 bits per heavy atom. The Morgan fingerprint density at radius 2 is 0.963 bits per heavy atom. The molecule has 0 radical (unpaired) electrons. The number of rotatable bonds is 19. The predicted octanol–water partition coefficient (Wildman–Crippen LogP) is 6.72. The van der Waals surface area contributed by atoms with Crippen molar-refractivity contribution >= 4 is 6.16 Å². The van der Waals surface area contributed by atoms with E-state index in [0.717, 1.165) is 30.3 Å². The molecule has 0 amide bonds. The van der Waals surface area contributed by atoms with Crippen molar-refractivity contribution in [2.24, 2.45) is 0 Å². The molecule has 0 fully saturated rings. The van der Waals surface area contributed by atoms with E-state index in [2.05, 4.69) is 28.1 Å². The highest BCUT2D eigenvalue weighted by Crippen LogP contribution is 2.13. The van der Waals surface area contributed by atoms with Crippen molar-refractivity contribution in [3.63, 3.8) is 0 Å². The summed E-state index contributed by atoms with van der Waals surface area (Å²) in [5.41, 5.74) is 0. The summed E-state index contributed by atoms with van der Waals surface area (Å²) in [6, 6.07) is 0. The van der Waals surface area contributed by atoms with Crippen molar-refractivity contribution in [3.8, 4) is 0 Å². The summed E-state index contributed by atoms with van der Waals surface area (Å²) in [4.78, 5) is 11.5. The maximum atomic E-state index is 11.5. The van der Waals surface area contributed by atoms with E-state index in [1.165, 1.54) is 77.0 Å². The van der Waals surface area contributed by atoms with Crippen LogP contribution in [-0.2, 0) is 9.47 Å². The van der Waals surface area contributed by atoms with Crippen LogP contribution in [-0.4, -0.2) is 51.5 Å². The molecular formula is C23H48NO3+. The van der Waals surface area contributed by atoms with Crippen molar-refractivity contribution in [1.29, 1.82) is 0 Å². The van der Waals surface area contributed by atoms with Crippen LogP contribution < -0.4 is 0 Å². The quantitative estimate of drug-likeness (QED) is 0.140. The second kappa shape index (κ2) is 18.6. The lowest BCUT2D eigenvalue weighted by atomic mass is 10.0. The molecule has 0 atom stereocenters. The highest BCUT2D eigenvalue weighted by atomic mass is 16.7. The largest absolute Gasteiger partial charge is 0.508 e. The molecule has 0 heterocycles. The standard InChI is InChI=1S/C23H48NO3/c1-5-6-7-8-9-10-11-12-13-14-15-16-17-18-21-26-23(25)27-22-19-20-24(2,3)4/h5-22H2,1-4H3/q+1. The number of quaternary nitrogens is 1. The highest BCUT2D eigenvalue weighted by Gasteiger charge is 2.08. The minimum absolute atomic E-state index is 0.451. The molecule has 0 aliphatic heterocycles. The Balaban J connectivity index is 3.17. The molecule has 4 heteroatoms. The maximum Gasteiger partial charge on any atom is 0.508 e. The van der Waals surface area contributed by atoms with Crippen LogP contribution in [0, 0.1) is 0 Å². The second-order valence-electron chi connectivity index (χ2n) is 8.91. The fourth-order valence-electron chi connectivity index (χ4n) is 3.19. The smallest absolute Gasteiger partial charge is 0.434 e. The monoisotopic (exact) mass is 386 g/mol. The molecule has 0 aliphatic rings. The summed E-state index contributed by atoms with van der Waals surface area (Å²) in [5, 5.41) is 0. The molecule has 0 aliphatic carbocycles. The average molecular weight is 387 g/mol. The normalized spacial score (nSPS) is 11.6. The maximum absolute atomic E-state index is 11.5. The summed E-state index contributed by atoms with van der Waals surface area (Å²) < 4.78 is 11.1. The van der Waals surface area contributed by atoms with Crippen LogP contribution >= 0.6 is 0 Å². The van der Waals surface area contributed by atoms with Gasteiger partial charge in [-0.15, -0.1) is 0 Å². The van der Waals surface area contributed by atoms with Crippen LogP contribution in [0.25, 0.3) is 0 Å². The van der Waals surface area contributed by atoms with Gasteiger partial charge >= 0.3 is 6.16 Å². The third-order valence-electron chi connectivity index (χ3n) is 4.91. The van der Waals surface area contributed by atoms with E-state index in [1.54, 1.807) is 0 Å². The number of unbranched alkanes of at least 4 members (excludes halogenated alkanes) is 13. The average Bonchev–Trinajstić information content (AvgIpc) is 2.61. The SMILES string of the molecule is CCCCCCCCCCCCCCCCOC(=O)OCCC[N+](C)(C)C. The van der Waals surface area contributed by atoms with Crippen LogP contribution in [0.5, 0.6) is 0 Å². The summed E-state index contributed by atoms with van der Waals surface area (Å²) in [6.07, 6.45) is 19.0. The first kappa shape index (κ1) is 26.2. The fraction of sp³-hybridized carbons (Fsp3) is 0.957. The van der Waals surface area contributed by atoms with Gasteiger partial charge in [0.1, 0.15) is 6.61 Å². The van der Waals surface area contributed by atoms with E-state index in [9.17, 15) is 4.79 Å². The predicted molar refractivity (Wildman–Crippen MR) is 115 cm³/mol. The van der Waals surface area contributed by atoms with Crippen molar-refractivity contribution in [2.75, 3.05) is 40.9 Å². The Morgan fingerprint density at radius 1 is 0.593 bits per heavy atom. The minimum atomic E-state index is -0.508. The van der Waals surface area contributed by atoms with Crippen molar-refractivity contribution < 1.29 is 18.8 Å². The van der Waals surface area contributed by atoms with Crippen LogP contribution in [0.15, 0.2) is 0 Å². The van der Waals surface area contributed by atoms with Crippen LogP contribution in [0.2, 0.25) is 0 Å². The Kier molecular flexibility index (Phi) is 18.1. The molecule has 162 valence electrons. The number of nitrogens with zero attached hydrogens (tertiary/aromatic N) is 1. The number of ether oxygens (including phenoxy) is 2. The molecule has 0 aromatic rings. The van der Waals surface area contributed by atoms with E-state index in [4.69, 9.17) is 9.47 Å². The van der Waals surface area contributed by atoms with Gasteiger partial charge in [-0.1, -0.05) is 90.4 Å². The molecule has 0 aromatic carbocycles. The Labute approximate surface area is 169 Å². The van der Waals surface area contributed by atoms with Crippen molar-refractivity contribution in [3.05, 3.63) is 0 Å². The van der Waals surface area contributed by atoms with Crippen molar-refractivity contribution in [2.45, 2.75) is 103 Å². The molecule has 0 aromatic heterocycles. The molecule has 0 rings (SSSR count). The Hall–Kier alpha value is -0.770. The number of carbonyl (C=O) groups excluding carboxylic acids is 1. The van der Waals surface area contributed by atoms with Gasteiger partial charge in [0.25, 0.3) is 0 Å². The zero-order chi connectivity index (χ0) is 20.2. The van der Waals surface area contributed by atoms with Crippen molar-refractivity contribution in [1.82, 2.24) is 0 Å². The first-order valence-corrected chi connectivity index (χ1v) is 11.6. The van der Waals surface area contributed by atoms with Crippen LogP contribution in [0.4, 0.5) is 4.79 Å². The molecule has 4 nitrogen and oxygen atoms in total. The van der Waals surface area contributed by atoms with Gasteiger partial charge in [0.2, 0.25) is 0 Å².